The van der Waals surface area contributed by atoms with E-state index in [9.17, 15) is 0 Å². The van der Waals surface area contributed by atoms with E-state index < -0.39 is 0 Å². The third-order valence-electron chi connectivity index (χ3n) is 11.6. The Labute approximate surface area is 312 Å². The Hall–Kier alpha value is -6.18. The van der Waals surface area contributed by atoms with Crippen LogP contribution in [0.15, 0.2) is 182 Å². The molecule has 0 heterocycles. The summed E-state index contributed by atoms with van der Waals surface area (Å²) in [5, 5.41) is 8.28. The van der Waals surface area contributed by atoms with Crippen LogP contribution < -0.4 is 4.90 Å². The van der Waals surface area contributed by atoms with Crippen molar-refractivity contribution >= 4 is 49.4 Å². The lowest BCUT2D eigenvalue weighted by atomic mass is 9.80. The van der Waals surface area contributed by atoms with Gasteiger partial charge in [-0.3, -0.25) is 0 Å². The molecule has 1 aliphatic carbocycles. The maximum absolute atomic E-state index is 2.42. The second kappa shape index (κ2) is 13.4. The summed E-state index contributed by atoms with van der Waals surface area (Å²) in [7, 11) is 0. The van der Waals surface area contributed by atoms with Gasteiger partial charge in [-0.15, -0.1) is 0 Å². The zero-order valence-electron chi connectivity index (χ0n) is 29.9. The fourth-order valence-corrected chi connectivity index (χ4v) is 9.03. The van der Waals surface area contributed by atoms with Crippen LogP contribution >= 0.6 is 0 Å². The van der Waals surface area contributed by atoms with Crippen molar-refractivity contribution in [1.82, 2.24) is 0 Å². The molecule has 0 spiro atoms. The summed E-state index contributed by atoms with van der Waals surface area (Å²) < 4.78 is 0. The molecule has 10 rings (SSSR count). The molecule has 0 bridgehead atoms. The van der Waals surface area contributed by atoms with Crippen molar-refractivity contribution in [1.29, 1.82) is 0 Å². The van der Waals surface area contributed by atoms with Crippen molar-refractivity contribution in [2.75, 3.05) is 4.90 Å². The number of hydrogen-bond donors (Lipinski definition) is 0. The molecule has 0 saturated heterocycles. The largest absolute Gasteiger partial charge is 0.310 e. The van der Waals surface area contributed by atoms with Gasteiger partial charge in [0.05, 0.1) is 5.69 Å². The minimum absolute atomic E-state index is 0.671. The molecule has 0 amide bonds. The topological polar surface area (TPSA) is 3.24 Å². The first kappa shape index (κ1) is 31.5. The average molecular weight is 680 g/mol. The Balaban J connectivity index is 1.09. The van der Waals surface area contributed by atoms with E-state index in [0.29, 0.717) is 5.92 Å². The van der Waals surface area contributed by atoms with Crippen molar-refractivity contribution < 1.29 is 0 Å². The smallest absolute Gasteiger partial charge is 0.0540 e. The summed E-state index contributed by atoms with van der Waals surface area (Å²) in [6.07, 6.45) is 6.70. The molecule has 1 aliphatic rings. The highest BCUT2D eigenvalue weighted by Gasteiger charge is 2.21. The Bertz CT molecular complexity index is 2670. The van der Waals surface area contributed by atoms with E-state index in [0.717, 1.165) is 17.1 Å². The molecule has 1 saturated carbocycles. The van der Waals surface area contributed by atoms with Crippen LogP contribution in [0, 0.1) is 0 Å². The van der Waals surface area contributed by atoms with Gasteiger partial charge in [-0.2, -0.15) is 0 Å². The maximum atomic E-state index is 2.42. The normalized spacial score (nSPS) is 13.6. The quantitative estimate of drug-likeness (QED) is 0.152. The van der Waals surface area contributed by atoms with Crippen LogP contribution in [0.5, 0.6) is 0 Å². The van der Waals surface area contributed by atoms with Gasteiger partial charge in [0.2, 0.25) is 0 Å². The highest BCUT2D eigenvalue weighted by Crippen LogP contribution is 2.45. The third kappa shape index (κ3) is 5.65. The predicted molar refractivity (Wildman–Crippen MR) is 227 cm³/mol. The van der Waals surface area contributed by atoms with Crippen LogP contribution in [0.4, 0.5) is 17.1 Å². The number of anilines is 3. The van der Waals surface area contributed by atoms with Gasteiger partial charge in [0.1, 0.15) is 0 Å². The van der Waals surface area contributed by atoms with Crippen LogP contribution in [0.1, 0.15) is 43.6 Å². The third-order valence-corrected chi connectivity index (χ3v) is 11.6. The van der Waals surface area contributed by atoms with Crippen LogP contribution in [0.3, 0.4) is 0 Å². The molecular weight excluding hydrogens is 639 g/mol. The number of benzene rings is 9. The zero-order valence-corrected chi connectivity index (χ0v) is 29.9. The molecule has 1 heteroatoms. The van der Waals surface area contributed by atoms with E-state index >= 15 is 0 Å². The molecular formula is C52H41N. The Kier molecular flexibility index (Phi) is 7.99. The van der Waals surface area contributed by atoms with Gasteiger partial charge >= 0.3 is 0 Å². The van der Waals surface area contributed by atoms with Gasteiger partial charge in [-0.25, -0.2) is 0 Å². The zero-order chi connectivity index (χ0) is 35.1. The number of rotatable bonds is 7. The first-order valence-electron chi connectivity index (χ1n) is 19.2. The van der Waals surface area contributed by atoms with Crippen LogP contribution in [-0.4, -0.2) is 0 Å². The van der Waals surface area contributed by atoms with Crippen molar-refractivity contribution in [3.05, 3.63) is 188 Å². The molecule has 0 N–H and O–H groups in total. The summed E-state index contributed by atoms with van der Waals surface area (Å²) in [6, 6.07) is 67.2. The summed E-state index contributed by atoms with van der Waals surface area (Å²) in [6.45, 7) is 0. The standard InChI is InChI=1S/C52H41N/c1-4-12-36(13-5-1)37-20-28-43(29-21-37)53(50-19-11-10-18-47(50)39-16-8-3-9-17-39)44-30-22-40(23-31-44)46-33-25-42-26-34-48-45(38-14-6-2-7-15-38)32-24-41-27-35-49(46)52(42)51(41)48/h1,3-5,8-13,16-35,38H,2,6-7,14-15H2. The van der Waals surface area contributed by atoms with Crippen LogP contribution in [0.2, 0.25) is 0 Å². The molecule has 53 heavy (non-hydrogen) atoms. The molecule has 0 aromatic heterocycles. The van der Waals surface area contributed by atoms with Gasteiger partial charge in [0.25, 0.3) is 0 Å². The first-order chi connectivity index (χ1) is 26.3. The minimum atomic E-state index is 0.671. The summed E-state index contributed by atoms with van der Waals surface area (Å²) in [4.78, 5) is 2.40. The van der Waals surface area contributed by atoms with Gasteiger partial charge in [0.15, 0.2) is 0 Å². The van der Waals surface area contributed by atoms with E-state index in [1.54, 1.807) is 5.56 Å². The lowest BCUT2D eigenvalue weighted by Crippen LogP contribution is -2.11. The van der Waals surface area contributed by atoms with Gasteiger partial charge in [0, 0.05) is 16.9 Å². The number of nitrogens with zero attached hydrogens (tertiary/aromatic N) is 1. The SMILES string of the molecule is c1ccc(-c2ccc(N(c3ccc(-c4ccc5ccc6c(C7CCCCC7)ccc7ccc4c5c76)cc3)c3ccccc3-c3ccccc3)cc2)cc1. The molecule has 9 aromatic carbocycles. The second-order valence-electron chi connectivity index (χ2n) is 14.7. The fourth-order valence-electron chi connectivity index (χ4n) is 9.03. The van der Waals surface area contributed by atoms with E-state index in [1.807, 2.05) is 0 Å². The molecule has 9 aromatic rings. The van der Waals surface area contributed by atoms with Crippen molar-refractivity contribution in [2.24, 2.45) is 0 Å². The Morgan fingerprint density at radius 3 is 1.57 bits per heavy atom. The predicted octanol–water partition coefficient (Wildman–Crippen LogP) is 15.1. The minimum Gasteiger partial charge on any atom is -0.310 e. The summed E-state index contributed by atoms with van der Waals surface area (Å²) >= 11 is 0. The maximum Gasteiger partial charge on any atom is 0.0540 e. The van der Waals surface area contributed by atoms with Crippen molar-refractivity contribution in [2.45, 2.75) is 38.0 Å². The number of hydrogen-bond acceptors (Lipinski definition) is 1. The van der Waals surface area contributed by atoms with Gasteiger partial charge in [-0.1, -0.05) is 171 Å². The molecule has 254 valence electrons. The monoisotopic (exact) mass is 679 g/mol. The Morgan fingerprint density at radius 2 is 0.868 bits per heavy atom. The molecule has 1 nitrogen and oxygen atoms in total. The molecule has 0 atom stereocenters. The first-order valence-corrected chi connectivity index (χ1v) is 19.2. The summed E-state index contributed by atoms with van der Waals surface area (Å²) in [5.74, 6) is 0.671. The lowest BCUT2D eigenvalue weighted by molar-refractivity contribution is 0.445. The van der Waals surface area contributed by atoms with Crippen molar-refractivity contribution in [3.63, 3.8) is 0 Å². The highest BCUT2D eigenvalue weighted by molar-refractivity contribution is 6.26. The summed E-state index contributed by atoms with van der Waals surface area (Å²) in [5.41, 5.74) is 12.3. The fraction of sp³-hybridized carbons (Fsp3) is 0.115. The number of para-hydroxylation sites is 1. The van der Waals surface area contributed by atoms with E-state index in [4.69, 9.17) is 0 Å². The van der Waals surface area contributed by atoms with E-state index in [-0.39, 0.29) is 0 Å². The second-order valence-corrected chi connectivity index (χ2v) is 14.7. The van der Waals surface area contributed by atoms with Crippen LogP contribution in [-0.2, 0) is 0 Å². The lowest BCUT2D eigenvalue weighted by Gasteiger charge is -2.28. The van der Waals surface area contributed by atoms with Crippen molar-refractivity contribution in [3.8, 4) is 33.4 Å². The van der Waals surface area contributed by atoms with Crippen LogP contribution in [0.25, 0.3) is 65.7 Å². The highest BCUT2D eigenvalue weighted by atomic mass is 15.1. The van der Waals surface area contributed by atoms with E-state index in [2.05, 4.69) is 187 Å². The molecule has 0 radical (unpaired) electrons. The van der Waals surface area contributed by atoms with E-state index in [1.165, 1.54) is 97.8 Å². The van der Waals surface area contributed by atoms with Gasteiger partial charge < -0.3 is 4.90 Å². The molecule has 0 aliphatic heterocycles. The molecule has 0 unspecified atom stereocenters. The average Bonchev–Trinajstić information content (AvgIpc) is 3.24. The molecule has 1 fully saturated rings. The van der Waals surface area contributed by atoms with Gasteiger partial charge in [-0.05, 0) is 115 Å². The Morgan fingerprint density at radius 1 is 0.358 bits per heavy atom.